The Balaban J connectivity index is 1.44. The van der Waals surface area contributed by atoms with E-state index in [0.29, 0.717) is 0 Å². The van der Waals surface area contributed by atoms with Crippen molar-refractivity contribution in [3.8, 4) is 0 Å². The van der Waals surface area contributed by atoms with Gasteiger partial charge < -0.3 is 9.47 Å². The standard InChI is InChI=1S/C21H28N6O/c1-5-27-18-9-7-6-8-17(18)22-19(27)14-25-10-12-26(13-11-25)21(28)20-15(2)23-24(4)16(20)3/h6-9H,5,10-14H2,1-4H3. The molecule has 0 atom stereocenters. The minimum Gasteiger partial charge on any atom is -0.336 e. The number of piperazine rings is 1. The molecule has 0 aliphatic carbocycles. The molecule has 0 bridgehead atoms. The molecule has 148 valence electrons. The summed E-state index contributed by atoms with van der Waals surface area (Å²) >= 11 is 0. The topological polar surface area (TPSA) is 59.2 Å². The minimum atomic E-state index is 0.101. The van der Waals surface area contributed by atoms with Crippen molar-refractivity contribution >= 4 is 16.9 Å². The monoisotopic (exact) mass is 380 g/mol. The minimum absolute atomic E-state index is 0.101. The molecule has 1 fully saturated rings. The van der Waals surface area contributed by atoms with Gasteiger partial charge in [0.2, 0.25) is 0 Å². The van der Waals surface area contributed by atoms with E-state index >= 15 is 0 Å². The molecule has 0 N–H and O–H groups in total. The quantitative estimate of drug-likeness (QED) is 0.697. The van der Waals surface area contributed by atoms with Crippen molar-refractivity contribution in [1.82, 2.24) is 29.1 Å². The average molecular weight is 380 g/mol. The number of hydrogen-bond donors (Lipinski definition) is 0. The van der Waals surface area contributed by atoms with Crippen molar-refractivity contribution in [1.29, 1.82) is 0 Å². The third-order valence-corrected chi connectivity index (χ3v) is 5.80. The SMILES string of the molecule is CCn1c(CN2CCN(C(=O)c3c(C)nn(C)c3C)CC2)nc2ccccc21. The van der Waals surface area contributed by atoms with Gasteiger partial charge in [0.15, 0.2) is 0 Å². The summed E-state index contributed by atoms with van der Waals surface area (Å²) in [6, 6.07) is 8.29. The number of imidazole rings is 1. The number of para-hydroxylation sites is 2. The fraction of sp³-hybridized carbons (Fsp3) is 0.476. The number of nitrogens with zero attached hydrogens (tertiary/aromatic N) is 6. The lowest BCUT2D eigenvalue weighted by molar-refractivity contribution is 0.0623. The van der Waals surface area contributed by atoms with Crippen LogP contribution in [0, 0.1) is 13.8 Å². The molecule has 2 aromatic heterocycles. The summed E-state index contributed by atoms with van der Waals surface area (Å²) < 4.78 is 4.07. The number of amides is 1. The van der Waals surface area contributed by atoms with E-state index < -0.39 is 0 Å². The first kappa shape index (κ1) is 18.7. The van der Waals surface area contributed by atoms with Gasteiger partial charge in [-0.1, -0.05) is 12.1 Å². The first-order valence-electron chi connectivity index (χ1n) is 9.95. The van der Waals surface area contributed by atoms with Gasteiger partial charge in [0.05, 0.1) is 28.8 Å². The van der Waals surface area contributed by atoms with E-state index in [1.54, 1.807) is 4.68 Å². The highest BCUT2D eigenvalue weighted by atomic mass is 16.2. The maximum atomic E-state index is 13.0. The zero-order valence-electron chi connectivity index (χ0n) is 17.1. The van der Waals surface area contributed by atoms with Gasteiger partial charge in [-0.2, -0.15) is 5.10 Å². The van der Waals surface area contributed by atoms with Crippen molar-refractivity contribution in [3.05, 3.63) is 47.0 Å². The Labute approximate surface area is 165 Å². The highest BCUT2D eigenvalue weighted by Crippen LogP contribution is 2.19. The Morgan fingerprint density at radius 3 is 2.46 bits per heavy atom. The van der Waals surface area contributed by atoms with Gasteiger partial charge in [0, 0.05) is 45.5 Å². The normalized spacial score (nSPS) is 15.5. The Morgan fingerprint density at radius 1 is 1.11 bits per heavy atom. The van der Waals surface area contributed by atoms with E-state index in [-0.39, 0.29) is 5.91 Å². The summed E-state index contributed by atoms with van der Waals surface area (Å²) in [5.41, 5.74) is 4.74. The van der Waals surface area contributed by atoms with Crippen LogP contribution in [0.2, 0.25) is 0 Å². The second kappa shape index (κ2) is 7.39. The van der Waals surface area contributed by atoms with E-state index in [1.165, 1.54) is 5.52 Å². The van der Waals surface area contributed by atoms with Gasteiger partial charge in [0.25, 0.3) is 5.91 Å². The van der Waals surface area contributed by atoms with Crippen LogP contribution in [-0.4, -0.2) is 61.2 Å². The Bertz CT molecular complexity index is 1010. The predicted octanol–water partition coefficient (Wildman–Crippen LogP) is 2.36. The Morgan fingerprint density at radius 2 is 1.82 bits per heavy atom. The van der Waals surface area contributed by atoms with Crippen LogP contribution < -0.4 is 0 Å². The van der Waals surface area contributed by atoms with Gasteiger partial charge in [0.1, 0.15) is 5.82 Å². The third-order valence-electron chi connectivity index (χ3n) is 5.80. The lowest BCUT2D eigenvalue weighted by atomic mass is 10.1. The summed E-state index contributed by atoms with van der Waals surface area (Å²) in [7, 11) is 1.89. The second-order valence-electron chi connectivity index (χ2n) is 7.50. The van der Waals surface area contributed by atoms with Crippen LogP contribution in [0.5, 0.6) is 0 Å². The van der Waals surface area contributed by atoms with Gasteiger partial charge in [-0.3, -0.25) is 14.4 Å². The summed E-state index contributed by atoms with van der Waals surface area (Å²) in [5, 5.41) is 4.38. The number of carbonyl (C=O) groups excluding carboxylic acids is 1. The zero-order chi connectivity index (χ0) is 19.8. The molecule has 1 aliphatic rings. The van der Waals surface area contributed by atoms with E-state index in [9.17, 15) is 4.79 Å². The molecule has 3 aromatic rings. The van der Waals surface area contributed by atoms with Crippen molar-refractivity contribution in [2.75, 3.05) is 26.2 Å². The lowest BCUT2D eigenvalue weighted by Gasteiger charge is -2.34. The van der Waals surface area contributed by atoms with Crippen LogP contribution in [0.25, 0.3) is 11.0 Å². The molecular weight excluding hydrogens is 352 g/mol. The Kier molecular flexibility index (Phi) is 4.93. The number of aromatic nitrogens is 4. The maximum Gasteiger partial charge on any atom is 0.257 e. The fourth-order valence-electron chi connectivity index (χ4n) is 4.15. The van der Waals surface area contributed by atoms with E-state index in [1.807, 2.05) is 31.9 Å². The molecule has 0 spiro atoms. The first-order valence-corrected chi connectivity index (χ1v) is 9.95. The van der Waals surface area contributed by atoms with Crippen molar-refractivity contribution < 1.29 is 4.79 Å². The number of rotatable bonds is 4. The van der Waals surface area contributed by atoms with Crippen LogP contribution in [0.1, 0.15) is 34.5 Å². The van der Waals surface area contributed by atoms with Gasteiger partial charge in [-0.05, 0) is 32.9 Å². The predicted molar refractivity (Wildman–Crippen MR) is 109 cm³/mol. The molecule has 1 aromatic carbocycles. The van der Waals surface area contributed by atoms with Crippen molar-refractivity contribution in [2.45, 2.75) is 33.9 Å². The molecule has 1 amide bonds. The molecular formula is C21H28N6O. The number of aryl methyl sites for hydroxylation is 3. The highest BCUT2D eigenvalue weighted by molar-refractivity contribution is 5.96. The largest absolute Gasteiger partial charge is 0.336 e. The summed E-state index contributed by atoms with van der Waals surface area (Å²) in [6.07, 6.45) is 0. The van der Waals surface area contributed by atoms with Crippen LogP contribution in [0.4, 0.5) is 0 Å². The molecule has 0 radical (unpaired) electrons. The van der Waals surface area contributed by atoms with Crippen LogP contribution in [0.15, 0.2) is 24.3 Å². The highest BCUT2D eigenvalue weighted by Gasteiger charge is 2.27. The molecule has 3 heterocycles. The Hall–Kier alpha value is -2.67. The summed E-state index contributed by atoms with van der Waals surface area (Å²) in [6.45, 7) is 10.9. The van der Waals surface area contributed by atoms with Gasteiger partial charge >= 0.3 is 0 Å². The molecule has 28 heavy (non-hydrogen) atoms. The summed E-state index contributed by atoms with van der Waals surface area (Å²) in [5.74, 6) is 1.20. The van der Waals surface area contributed by atoms with Crippen LogP contribution in [-0.2, 0) is 20.1 Å². The van der Waals surface area contributed by atoms with Crippen LogP contribution in [0.3, 0.4) is 0 Å². The van der Waals surface area contributed by atoms with Crippen LogP contribution >= 0.6 is 0 Å². The molecule has 0 unspecified atom stereocenters. The second-order valence-corrected chi connectivity index (χ2v) is 7.50. The first-order chi connectivity index (χ1) is 13.5. The molecule has 7 heteroatoms. The van der Waals surface area contributed by atoms with E-state index in [4.69, 9.17) is 4.98 Å². The molecule has 4 rings (SSSR count). The molecule has 1 saturated heterocycles. The third kappa shape index (κ3) is 3.20. The van der Waals surface area contributed by atoms with Gasteiger partial charge in [-0.15, -0.1) is 0 Å². The smallest absolute Gasteiger partial charge is 0.257 e. The number of carbonyl (C=O) groups is 1. The summed E-state index contributed by atoms with van der Waals surface area (Å²) in [4.78, 5) is 22.2. The van der Waals surface area contributed by atoms with Crippen molar-refractivity contribution in [2.24, 2.45) is 7.05 Å². The van der Waals surface area contributed by atoms with E-state index in [2.05, 4.69) is 39.7 Å². The number of fused-ring (bicyclic) bond motifs is 1. The number of benzene rings is 1. The van der Waals surface area contributed by atoms with E-state index in [0.717, 1.165) is 67.6 Å². The zero-order valence-corrected chi connectivity index (χ0v) is 17.1. The maximum absolute atomic E-state index is 13.0. The average Bonchev–Trinajstić information content (AvgIpc) is 3.17. The van der Waals surface area contributed by atoms with Crippen molar-refractivity contribution in [3.63, 3.8) is 0 Å². The number of hydrogen-bond acceptors (Lipinski definition) is 4. The molecule has 0 saturated carbocycles. The van der Waals surface area contributed by atoms with Gasteiger partial charge in [-0.25, -0.2) is 4.98 Å². The molecule has 7 nitrogen and oxygen atoms in total. The lowest BCUT2D eigenvalue weighted by Crippen LogP contribution is -2.48. The fourth-order valence-corrected chi connectivity index (χ4v) is 4.15. The molecule has 1 aliphatic heterocycles.